The molecule has 0 fully saturated rings. The number of nitrogens with zero attached hydrogens (tertiary/aromatic N) is 4. The molecule has 28 heavy (non-hydrogen) atoms. The van der Waals surface area contributed by atoms with Crippen LogP contribution in [0.4, 0.5) is 0 Å². The zero-order valence-electron chi connectivity index (χ0n) is 15.6. The summed E-state index contributed by atoms with van der Waals surface area (Å²) in [5.41, 5.74) is -0.257. The first-order valence-electron chi connectivity index (χ1n) is 8.73. The van der Waals surface area contributed by atoms with Crippen LogP contribution in [0.3, 0.4) is 0 Å². The number of hydrogen-bond acceptors (Lipinski definition) is 6. The van der Waals surface area contributed by atoms with Crippen LogP contribution >= 0.6 is 0 Å². The van der Waals surface area contributed by atoms with E-state index in [4.69, 9.17) is 9.47 Å². The van der Waals surface area contributed by atoms with E-state index in [0.29, 0.717) is 17.3 Å². The maximum absolute atomic E-state index is 12.2. The van der Waals surface area contributed by atoms with Crippen LogP contribution in [-0.4, -0.2) is 45.2 Å². The van der Waals surface area contributed by atoms with Gasteiger partial charge in [0.1, 0.15) is 11.5 Å². The van der Waals surface area contributed by atoms with Gasteiger partial charge in [0.15, 0.2) is 11.9 Å². The van der Waals surface area contributed by atoms with E-state index in [1.165, 1.54) is 10.7 Å². The second-order valence-electron chi connectivity index (χ2n) is 5.93. The van der Waals surface area contributed by atoms with E-state index in [1.807, 2.05) is 0 Å². The number of aromatic nitrogens is 4. The molecule has 0 aliphatic heterocycles. The van der Waals surface area contributed by atoms with Gasteiger partial charge < -0.3 is 14.8 Å². The number of rotatable bonds is 8. The number of amides is 1. The fraction of sp³-hybridized carbons (Fsp3) is 0.263. The standard InChI is InChI=1S/C19H21N5O4/c1-14(28-16-6-4-15(27-2)5-7-16)19(26)20-11-13-24-18(25)9-8-17(22-24)23-12-3-10-21-23/h3-10,12,14H,11,13H2,1-2H3,(H,20,26). The summed E-state index contributed by atoms with van der Waals surface area (Å²) in [6, 6.07) is 11.7. The van der Waals surface area contributed by atoms with E-state index < -0.39 is 6.10 Å². The third-order valence-electron chi connectivity index (χ3n) is 3.96. The summed E-state index contributed by atoms with van der Waals surface area (Å²) < 4.78 is 13.5. The summed E-state index contributed by atoms with van der Waals surface area (Å²) in [7, 11) is 1.58. The molecule has 0 saturated heterocycles. The summed E-state index contributed by atoms with van der Waals surface area (Å²) in [4.78, 5) is 24.2. The monoisotopic (exact) mass is 383 g/mol. The number of nitrogens with one attached hydrogen (secondary N) is 1. The van der Waals surface area contributed by atoms with Crippen molar-refractivity contribution in [2.24, 2.45) is 0 Å². The zero-order valence-corrected chi connectivity index (χ0v) is 15.6. The van der Waals surface area contributed by atoms with Crippen LogP contribution in [0.5, 0.6) is 11.5 Å². The van der Waals surface area contributed by atoms with Crippen molar-refractivity contribution in [3.8, 4) is 17.3 Å². The molecule has 3 aromatic rings. The minimum atomic E-state index is -0.687. The predicted molar refractivity (Wildman–Crippen MR) is 102 cm³/mol. The summed E-state index contributed by atoms with van der Waals surface area (Å²) in [5, 5.41) is 11.1. The molecule has 146 valence electrons. The van der Waals surface area contributed by atoms with Crippen molar-refractivity contribution in [3.05, 3.63) is 65.2 Å². The molecular weight excluding hydrogens is 362 g/mol. The lowest BCUT2D eigenvalue weighted by atomic mass is 10.3. The van der Waals surface area contributed by atoms with Crippen molar-refractivity contribution < 1.29 is 14.3 Å². The first-order valence-corrected chi connectivity index (χ1v) is 8.73. The van der Waals surface area contributed by atoms with Crippen molar-refractivity contribution >= 4 is 5.91 Å². The van der Waals surface area contributed by atoms with Crippen LogP contribution in [0, 0.1) is 0 Å². The highest BCUT2D eigenvalue weighted by Gasteiger charge is 2.14. The lowest BCUT2D eigenvalue weighted by molar-refractivity contribution is -0.127. The summed E-state index contributed by atoms with van der Waals surface area (Å²) in [6.45, 7) is 2.13. The van der Waals surface area contributed by atoms with Gasteiger partial charge in [-0.15, -0.1) is 5.10 Å². The maximum atomic E-state index is 12.2. The lowest BCUT2D eigenvalue weighted by Gasteiger charge is -2.15. The molecule has 1 aromatic carbocycles. The average molecular weight is 383 g/mol. The molecule has 0 aliphatic rings. The van der Waals surface area contributed by atoms with Crippen LogP contribution in [0.15, 0.2) is 59.7 Å². The second-order valence-corrected chi connectivity index (χ2v) is 5.93. The van der Waals surface area contributed by atoms with Crippen LogP contribution in [-0.2, 0) is 11.3 Å². The Hall–Kier alpha value is -3.62. The van der Waals surface area contributed by atoms with Crippen LogP contribution in [0.2, 0.25) is 0 Å². The largest absolute Gasteiger partial charge is 0.497 e. The Balaban J connectivity index is 1.53. The highest BCUT2D eigenvalue weighted by atomic mass is 16.5. The fourth-order valence-electron chi connectivity index (χ4n) is 2.47. The first kappa shape index (κ1) is 19.2. The number of benzene rings is 1. The number of methoxy groups -OCH3 is 1. The average Bonchev–Trinajstić information content (AvgIpc) is 3.24. The van der Waals surface area contributed by atoms with Gasteiger partial charge in [-0.2, -0.15) is 5.10 Å². The molecule has 0 bridgehead atoms. The first-order chi connectivity index (χ1) is 13.6. The molecule has 1 N–H and O–H groups in total. The Labute approximate surface area is 161 Å². The molecule has 3 rings (SSSR count). The molecule has 1 unspecified atom stereocenters. The summed E-state index contributed by atoms with van der Waals surface area (Å²) in [6.07, 6.45) is 2.67. The van der Waals surface area contributed by atoms with Gasteiger partial charge in [-0.3, -0.25) is 9.59 Å². The Morgan fingerprint density at radius 2 is 1.93 bits per heavy atom. The molecule has 2 heterocycles. The number of carbonyl (C=O) groups excluding carboxylic acids is 1. The summed E-state index contributed by atoms with van der Waals surface area (Å²) >= 11 is 0. The smallest absolute Gasteiger partial charge is 0.266 e. The molecule has 0 radical (unpaired) electrons. The van der Waals surface area contributed by atoms with E-state index in [0.717, 1.165) is 0 Å². The minimum Gasteiger partial charge on any atom is -0.497 e. The Bertz CT molecular complexity index is 967. The molecule has 9 nitrogen and oxygen atoms in total. The van der Waals surface area contributed by atoms with Gasteiger partial charge in [-0.05, 0) is 43.3 Å². The van der Waals surface area contributed by atoms with E-state index in [-0.39, 0.29) is 24.6 Å². The van der Waals surface area contributed by atoms with Crippen LogP contribution in [0.1, 0.15) is 6.92 Å². The van der Waals surface area contributed by atoms with Crippen molar-refractivity contribution in [2.75, 3.05) is 13.7 Å². The van der Waals surface area contributed by atoms with Gasteiger partial charge in [-0.25, -0.2) is 9.36 Å². The molecule has 2 aromatic heterocycles. The van der Waals surface area contributed by atoms with Crippen molar-refractivity contribution in [2.45, 2.75) is 19.6 Å². The molecule has 9 heteroatoms. The summed E-state index contributed by atoms with van der Waals surface area (Å²) in [5.74, 6) is 1.51. The van der Waals surface area contributed by atoms with Crippen molar-refractivity contribution in [1.29, 1.82) is 0 Å². The van der Waals surface area contributed by atoms with Gasteiger partial charge in [0.2, 0.25) is 0 Å². The molecule has 0 saturated carbocycles. The third-order valence-corrected chi connectivity index (χ3v) is 3.96. The van der Waals surface area contributed by atoms with E-state index >= 15 is 0 Å². The van der Waals surface area contributed by atoms with Gasteiger partial charge >= 0.3 is 0 Å². The number of hydrogen-bond donors (Lipinski definition) is 1. The van der Waals surface area contributed by atoms with Crippen molar-refractivity contribution in [3.63, 3.8) is 0 Å². The maximum Gasteiger partial charge on any atom is 0.266 e. The number of carbonyl (C=O) groups is 1. The van der Waals surface area contributed by atoms with Crippen LogP contribution < -0.4 is 20.3 Å². The quantitative estimate of drug-likeness (QED) is 0.623. The SMILES string of the molecule is COc1ccc(OC(C)C(=O)NCCn2nc(-n3cccn3)ccc2=O)cc1. The lowest BCUT2D eigenvalue weighted by Crippen LogP contribution is -2.39. The van der Waals surface area contributed by atoms with E-state index in [2.05, 4.69) is 15.5 Å². The zero-order chi connectivity index (χ0) is 19.9. The highest BCUT2D eigenvalue weighted by molar-refractivity contribution is 5.80. The molecule has 1 atom stereocenters. The Morgan fingerprint density at radius 1 is 1.18 bits per heavy atom. The molecular formula is C19H21N5O4. The Morgan fingerprint density at radius 3 is 2.61 bits per heavy atom. The number of ether oxygens (including phenoxy) is 2. The molecule has 0 spiro atoms. The second kappa shape index (κ2) is 8.85. The molecule has 0 aliphatic carbocycles. The van der Waals surface area contributed by atoms with Crippen LogP contribution in [0.25, 0.3) is 5.82 Å². The van der Waals surface area contributed by atoms with E-state index in [1.54, 1.807) is 67.5 Å². The highest BCUT2D eigenvalue weighted by Crippen LogP contribution is 2.18. The Kier molecular flexibility index (Phi) is 6.05. The topological polar surface area (TPSA) is 100 Å². The van der Waals surface area contributed by atoms with Crippen molar-refractivity contribution in [1.82, 2.24) is 24.9 Å². The third kappa shape index (κ3) is 4.76. The normalized spacial score (nSPS) is 11.6. The predicted octanol–water partition coefficient (Wildman–Crippen LogP) is 1.02. The minimum absolute atomic E-state index is 0.231. The molecule has 1 amide bonds. The van der Waals surface area contributed by atoms with Gasteiger partial charge in [0.05, 0.1) is 13.7 Å². The van der Waals surface area contributed by atoms with Gasteiger partial charge in [0, 0.05) is 25.0 Å². The van der Waals surface area contributed by atoms with Gasteiger partial charge in [0.25, 0.3) is 11.5 Å². The van der Waals surface area contributed by atoms with Gasteiger partial charge in [-0.1, -0.05) is 0 Å². The fourth-order valence-corrected chi connectivity index (χ4v) is 2.47. The van der Waals surface area contributed by atoms with E-state index in [9.17, 15) is 9.59 Å².